The van der Waals surface area contributed by atoms with Gasteiger partial charge in [0, 0.05) is 31.3 Å². The van der Waals surface area contributed by atoms with Crippen LogP contribution >= 0.6 is 0 Å². The van der Waals surface area contributed by atoms with Crippen LogP contribution in [0.5, 0.6) is 17.2 Å². The van der Waals surface area contributed by atoms with E-state index in [2.05, 4.69) is 17.6 Å². The highest BCUT2D eigenvalue weighted by molar-refractivity contribution is 5.53. The van der Waals surface area contributed by atoms with Crippen LogP contribution in [0.25, 0.3) is 0 Å². The molecule has 1 atom stereocenters. The number of hydrogen-bond acceptors (Lipinski definition) is 5. The van der Waals surface area contributed by atoms with Gasteiger partial charge in [-0.1, -0.05) is 0 Å². The second kappa shape index (κ2) is 5.67. The number of methoxy groups -OCH3 is 3. The zero-order valence-corrected chi connectivity index (χ0v) is 12.0. The van der Waals surface area contributed by atoms with Gasteiger partial charge in [0.2, 0.25) is 0 Å². The quantitative estimate of drug-likeness (QED) is 0.855. The molecule has 19 heavy (non-hydrogen) atoms. The van der Waals surface area contributed by atoms with E-state index in [4.69, 9.17) is 14.2 Å². The highest BCUT2D eigenvalue weighted by Gasteiger charge is 2.32. The third-order valence-corrected chi connectivity index (χ3v) is 3.60. The Labute approximate surface area is 114 Å². The summed E-state index contributed by atoms with van der Waals surface area (Å²) in [5.74, 6) is 2.19. The molecule has 1 aliphatic heterocycles. The number of nitrogens with one attached hydrogen (secondary N) is 2. The van der Waals surface area contributed by atoms with Crippen LogP contribution in [0.1, 0.15) is 12.5 Å². The van der Waals surface area contributed by atoms with Crippen molar-refractivity contribution in [2.75, 3.05) is 41.0 Å². The Bertz CT molecular complexity index is 443. The molecule has 1 aliphatic rings. The minimum Gasteiger partial charge on any atom is -0.496 e. The maximum Gasteiger partial charge on any atom is 0.164 e. The minimum atomic E-state index is -0.177. The molecule has 106 valence electrons. The number of piperazine rings is 1. The first-order valence-corrected chi connectivity index (χ1v) is 6.41. The van der Waals surface area contributed by atoms with Crippen molar-refractivity contribution >= 4 is 0 Å². The molecule has 5 nitrogen and oxygen atoms in total. The largest absolute Gasteiger partial charge is 0.496 e. The van der Waals surface area contributed by atoms with Crippen molar-refractivity contribution in [2.24, 2.45) is 0 Å². The molecule has 1 heterocycles. The zero-order chi connectivity index (χ0) is 13.9. The molecular weight excluding hydrogens is 244 g/mol. The molecule has 1 aromatic rings. The molecule has 0 spiro atoms. The first kappa shape index (κ1) is 14.0. The van der Waals surface area contributed by atoms with Gasteiger partial charge in [0.1, 0.15) is 5.75 Å². The number of rotatable bonds is 4. The lowest BCUT2D eigenvalue weighted by Crippen LogP contribution is -2.55. The fourth-order valence-electron chi connectivity index (χ4n) is 2.48. The van der Waals surface area contributed by atoms with Crippen LogP contribution in [0.3, 0.4) is 0 Å². The van der Waals surface area contributed by atoms with Crippen LogP contribution in [-0.4, -0.2) is 41.0 Å². The maximum atomic E-state index is 5.50. The molecule has 2 rings (SSSR count). The summed E-state index contributed by atoms with van der Waals surface area (Å²) in [5, 5.41) is 6.94. The lowest BCUT2D eigenvalue weighted by molar-refractivity contribution is 0.285. The van der Waals surface area contributed by atoms with E-state index in [1.54, 1.807) is 21.3 Å². The molecule has 0 aliphatic carbocycles. The number of ether oxygens (including phenoxy) is 3. The highest BCUT2D eigenvalue weighted by atomic mass is 16.5. The summed E-state index contributed by atoms with van der Waals surface area (Å²) in [7, 11) is 4.94. The SMILES string of the molecule is COc1cc(OC)c(C2(C)CNCCN2)cc1OC. The fraction of sp³-hybridized carbons (Fsp3) is 0.571. The molecule has 1 aromatic carbocycles. The molecular formula is C14H22N2O3. The van der Waals surface area contributed by atoms with E-state index in [-0.39, 0.29) is 5.54 Å². The molecule has 2 N–H and O–H groups in total. The Morgan fingerprint density at radius 1 is 0.947 bits per heavy atom. The van der Waals surface area contributed by atoms with Crippen molar-refractivity contribution in [3.63, 3.8) is 0 Å². The summed E-state index contributed by atoms with van der Waals surface area (Å²) in [6.07, 6.45) is 0. The molecule has 1 fully saturated rings. The van der Waals surface area contributed by atoms with Gasteiger partial charge in [-0.25, -0.2) is 0 Å². The van der Waals surface area contributed by atoms with Crippen molar-refractivity contribution in [2.45, 2.75) is 12.5 Å². The summed E-state index contributed by atoms with van der Waals surface area (Å²) in [6, 6.07) is 3.85. The minimum absolute atomic E-state index is 0.177. The van der Waals surface area contributed by atoms with Crippen molar-refractivity contribution in [3.8, 4) is 17.2 Å². The lowest BCUT2D eigenvalue weighted by atomic mass is 9.89. The van der Waals surface area contributed by atoms with Gasteiger partial charge in [-0.2, -0.15) is 0 Å². The Morgan fingerprint density at radius 2 is 1.58 bits per heavy atom. The van der Waals surface area contributed by atoms with Crippen molar-refractivity contribution < 1.29 is 14.2 Å². The van der Waals surface area contributed by atoms with Crippen LogP contribution in [0.2, 0.25) is 0 Å². The van der Waals surface area contributed by atoms with E-state index < -0.39 is 0 Å². The Kier molecular flexibility index (Phi) is 4.17. The molecule has 1 saturated heterocycles. The van der Waals surface area contributed by atoms with Crippen LogP contribution in [-0.2, 0) is 5.54 Å². The molecule has 1 unspecified atom stereocenters. The van der Waals surface area contributed by atoms with Crippen molar-refractivity contribution in [1.29, 1.82) is 0 Å². The first-order valence-electron chi connectivity index (χ1n) is 6.41. The Balaban J connectivity index is 2.48. The average Bonchev–Trinajstić information content (AvgIpc) is 2.46. The summed E-state index contributed by atoms with van der Waals surface area (Å²) in [5.41, 5.74) is 0.892. The summed E-state index contributed by atoms with van der Waals surface area (Å²) < 4.78 is 16.2. The monoisotopic (exact) mass is 266 g/mol. The second-order valence-electron chi connectivity index (χ2n) is 4.84. The predicted molar refractivity (Wildman–Crippen MR) is 74.3 cm³/mol. The summed E-state index contributed by atoms with van der Waals surface area (Å²) >= 11 is 0. The van der Waals surface area contributed by atoms with Gasteiger partial charge < -0.3 is 24.8 Å². The van der Waals surface area contributed by atoms with Crippen LogP contribution in [0, 0.1) is 0 Å². The van der Waals surface area contributed by atoms with E-state index in [1.807, 2.05) is 12.1 Å². The van der Waals surface area contributed by atoms with Gasteiger partial charge in [0.25, 0.3) is 0 Å². The van der Waals surface area contributed by atoms with Crippen LogP contribution in [0.4, 0.5) is 0 Å². The Hall–Kier alpha value is -1.46. The number of hydrogen-bond donors (Lipinski definition) is 2. The van der Waals surface area contributed by atoms with Crippen molar-refractivity contribution in [3.05, 3.63) is 17.7 Å². The van der Waals surface area contributed by atoms with E-state index >= 15 is 0 Å². The zero-order valence-electron chi connectivity index (χ0n) is 12.0. The molecule has 0 amide bonds. The van der Waals surface area contributed by atoms with Gasteiger partial charge in [-0.15, -0.1) is 0 Å². The van der Waals surface area contributed by atoms with Gasteiger partial charge in [-0.3, -0.25) is 0 Å². The van der Waals surface area contributed by atoms with Gasteiger partial charge in [0.05, 0.1) is 26.9 Å². The van der Waals surface area contributed by atoms with Gasteiger partial charge >= 0.3 is 0 Å². The molecule has 0 radical (unpaired) electrons. The Morgan fingerprint density at radius 3 is 2.11 bits per heavy atom. The van der Waals surface area contributed by atoms with E-state index in [1.165, 1.54) is 0 Å². The maximum absolute atomic E-state index is 5.50. The van der Waals surface area contributed by atoms with E-state index in [9.17, 15) is 0 Å². The molecule has 0 aromatic heterocycles. The van der Waals surface area contributed by atoms with E-state index in [0.717, 1.165) is 30.9 Å². The predicted octanol–water partition coefficient (Wildman–Crippen LogP) is 1.12. The third-order valence-electron chi connectivity index (χ3n) is 3.60. The summed E-state index contributed by atoms with van der Waals surface area (Å²) in [6.45, 7) is 4.90. The third kappa shape index (κ3) is 2.62. The summed E-state index contributed by atoms with van der Waals surface area (Å²) in [4.78, 5) is 0. The number of benzene rings is 1. The fourth-order valence-corrected chi connectivity index (χ4v) is 2.48. The molecule has 5 heteroatoms. The topological polar surface area (TPSA) is 51.8 Å². The second-order valence-corrected chi connectivity index (χ2v) is 4.84. The van der Waals surface area contributed by atoms with Crippen molar-refractivity contribution in [1.82, 2.24) is 10.6 Å². The van der Waals surface area contributed by atoms with Gasteiger partial charge in [-0.05, 0) is 13.0 Å². The van der Waals surface area contributed by atoms with E-state index in [0.29, 0.717) is 11.5 Å². The van der Waals surface area contributed by atoms with Crippen LogP contribution in [0.15, 0.2) is 12.1 Å². The van der Waals surface area contributed by atoms with Gasteiger partial charge in [0.15, 0.2) is 11.5 Å². The standard InChI is InChI=1S/C14H22N2O3/c1-14(9-15-5-6-16-14)10-7-12(18-3)13(19-4)8-11(10)17-2/h7-8,15-16H,5-6,9H2,1-4H3. The lowest BCUT2D eigenvalue weighted by Gasteiger charge is -2.37. The van der Waals surface area contributed by atoms with Crippen LogP contribution < -0.4 is 24.8 Å². The molecule has 0 bridgehead atoms. The molecule has 0 saturated carbocycles. The first-order chi connectivity index (χ1) is 9.14. The normalized spacial score (nSPS) is 22.9. The average molecular weight is 266 g/mol. The highest BCUT2D eigenvalue weighted by Crippen LogP contribution is 2.39. The smallest absolute Gasteiger partial charge is 0.164 e.